The average molecular weight is 618 g/mol. The van der Waals surface area contributed by atoms with Crippen LogP contribution in [0.2, 0.25) is 0 Å². The molecule has 0 radical (unpaired) electrons. The number of rotatable bonds is 10. The lowest BCUT2D eigenvalue weighted by Gasteiger charge is -2.44. The number of nitrogens with zero attached hydrogens (tertiary/aromatic N) is 2. The largest absolute Gasteiger partial charge is 0.467 e. The molecule has 3 amide bonds. The van der Waals surface area contributed by atoms with Crippen molar-refractivity contribution < 1.29 is 33.0 Å². The molecule has 10 heteroatoms. The number of carbonyl (C=O) groups is 4. The van der Waals surface area contributed by atoms with Gasteiger partial charge in [0.15, 0.2) is 0 Å². The summed E-state index contributed by atoms with van der Waals surface area (Å²) in [5, 5.41) is 4.71. The Hall–Kier alpha value is -4.73. The molecule has 1 fully saturated rings. The molecule has 1 aliphatic heterocycles. The van der Waals surface area contributed by atoms with E-state index in [9.17, 15) is 23.6 Å². The van der Waals surface area contributed by atoms with Crippen LogP contribution in [0.1, 0.15) is 38.3 Å². The fourth-order valence-electron chi connectivity index (χ4n) is 5.52. The van der Waals surface area contributed by atoms with Crippen LogP contribution in [0.15, 0.2) is 79.4 Å². The Morgan fingerprint density at radius 1 is 1.00 bits per heavy atom. The van der Waals surface area contributed by atoms with E-state index in [2.05, 4.69) is 11.9 Å². The molecule has 4 rings (SSSR count). The number of hydrogen-bond acceptors (Lipinski definition) is 6. The van der Waals surface area contributed by atoms with E-state index in [1.165, 1.54) is 41.2 Å². The third-order valence-corrected chi connectivity index (χ3v) is 7.63. The highest BCUT2D eigenvalue weighted by atomic mass is 19.1. The summed E-state index contributed by atoms with van der Waals surface area (Å²) >= 11 is 0. The van der Waals surface area contributed by atoms with Gasteiger partial charge in [-0.3, -0.25) is 9.59 Å². The summed E-state index contributed by atoms with van der Waals surface area (Å²) in [5.74, 6) is -1.93. The van der Waals surface area contributed by atoms with Crippen molar-refractivity contribution in [3.05, 3.63) is 96.3 Å². The number of carbonyl (C=O) groups excluding carboxylic acids is 4. The molecule has 0 aliphatic carbocycles. The van der Waals surface area contributed by atoms with Crippen LogP contribution in [0.5, 0.6) is 0 Å². The molecule has 45 heavy (non-hydrogen) atoms. The minimum absolute atomic E-state index is 0.0420. The number of benzene rings is 3. The molecule has 1 aliphatic rings. The zero-order valence-electron chi connectivity index (χ0n) is 26.1. The van der Waals surface area contributed by atoms with Gasteiger partial charge < -0.3 is 24.6 Å². The molecule has 1 N–H and O–H groups in total. The van der Waals surface area contributed by atoms with Crippen molar-refractivity contribution in [2.75, 3.05) is 20.2 Å². The quantitative estimate of drug-likeness (QED) is 0.259. The fourth-order valence-corrected chi connectivity index (χ4v) is 5.52. The highest BCUT2D eigenvalue weighted by Crippen LogP contribution is 2.24. The Morgan fingerprint density at radius 3 is 2.31 bits per heavy atom. The van der Waals surface area contributed by atoms with E-state index in [4.69, 9.17) is 9.47 Å². The molecule has 0 aromatic heterocycles. The van der Waals surface area contributed by atoms with Gasteiger partial charge >= 0.3 is 12.1 Å². The molecular formula is C35H40FN3O6. The number of methoxy groups -OCH3 is 1. The normalized spacial score (nSPS) is 16.6. The molecule has 1 saturated heterocycles. The number of hydrogen-bond donors (Lipinski definition) is 1. The Bertz CT molecular complexity index is 1550. The minimum atomic E-state index is -1.11. The standard InChI is InChI=1S/C35H40FN3O6/c1-6-9-29-32(41)39(30(33(42)44-5)22-24-12-15-25-10-7-8-11-26(25)20-24)19-18-38(29)31(40)28(37-34(43)45-35(2,3)4)21-23-13-16-27(36)17-14-23/h6-8,10-17,20,28-30H,1,9,18-19,21-22H2,2-5H3,(H,37,43). The molecule has 0 saturated carbocycles. The lowest BCUT2D eigenvalue weighted by molar-refractivity contribution is -0.161. The van der Waals surface area contributed by atoms with Gasteiger partial charge in [-0.25, -0.2) is 14.0 Å². The smallest absolute Gasteiger partial charge is 0.408 e. The van der Waals surface area contributed by atoms with Crippen LogP contribution < -0.4 is 5.32 Å². The maximum Gasteiger partial charge on any atom is 0.408 e. The molecule has 1 heterocycles. The number of ether oxygens (including phenoxy) is 2. The zero-order chi connectivity index (χ0) is 32.7. The highest BCUT2D eigenvalue weighted by Gasteiger charge is 2.43. The maximum absolute atomic E-state index is 14.1. The van der Waals surface area contributed by atoms with Gasteiger partial charge in [0.05, 0.1) is 7.11 Å². The summed E-state index contributed by atoms with van der Waals surface area (Å²) < 4.78 is 24.1. The molecule has 3 unspecified atom stereocenters. The van der Waals surface area contributed by atoms with Gasteiger partial charge in [0, 0.05) is 25.9 Å². The lowest BCUT2D eigenvalue weighted by atomic mass is 9.97. The van der Waals surface area contributed by atoms with Crippen LogP contribution in [0.3, 0.4) is 0 Å². The van der Waals surface area contributed by atoms with Crippen molar-refractivity contribution in [1.82, 2.24) is 15.1 Å². The van der Waals surface area contributed by atoms with Gasteiger partial charge in [-0.05, 0) is 61.2 Å². The van der Waals surface area contributed by atoms with Gasteiger partial charge in [-0.15, -0.1) is 6.58 Å². The van der Waals surface area contributed by atoms with Crippen molar-refractivity contribution in [1.29, 1.82) is 0 Å². The number of esters is 1. The van der Waals surface area contributed by atoms with E-state index < -0.39 is 53.4 Å². The second-order valence-electron chi connectivity index (χ2n) is 12.1. The number of piperazine rings is 1. The van der Waals surface area contributed by atoms with Crippen LogP contribution in [0.4, 0.5) is 9.18 Å². The minimum Gasteiger partial charge on any atom is -0.467 e. The van der Waals surface area contributed by atoms with E-state index in [1.807, 2.05) is 42.5 Å². The van der Waals surface area contributed by atoms with Crippen LogP contribution in [0, 0.1) is 5.82 Å². The highest BCUT2D eigenvalue weighted by molar-refractivity contribution is 5.94. The van der Waals surface area contributed by atoms with Gasteiger partial charge in [-0.1, -0.05) is 60.7 Å². The fraction of sp³-hybridized carbons (Fsp3) is 0.371. The third-order valence-electron chi connectivity index (χ3n) is 7.63. The molecule has 0 spiro atoms. The van der Waals surface area contributed by atoms with Crippen molar-refractivity contribution in [2.45, 2.75) is 63.8 Å². The van der Waals surface area contributed by atoms with Crippen molar-refractivity contribution >= 4 is 34.6 Å². The van der Waals surface area contributed by atoms with Crippen LogP contribution >= 0.6 is 0 Å². The summed E-state index contributed by atoms with van der Waals surface area (Å²) in [6.45, 7) is 9.07. The molecule has 3 aromatic rings. The Labute approximate surface area is 263 Å². The maximum atomic E-state index is 14.1. The monoisotopic (exact) mass is 617 g/mol. The first kappa shape index (κ1) is 33.2. The summed E-state index contributed by atoms with van der Waals surface area (Å²) in [5.41, 5.74) is 0.655. The van der Waals surface area contributed by atoms with E-state index in [0.717, 1.165) is 16.3 Å². The van der Waals surface area contributed by atoms with E-state index in [1.54, 1.807) is 26.8 Å². The van der Waals surface area contributed by atoms with Crippen LogP contribution in [0.25, 0.3) is 10.8 Å². The second-order valence-corrected chi connectivity index (χ2v) is 12.1. The average Bonchev–Trinajstić information content (AvgIpc) is 3.00. The number of amides is 3. The number of fused-ring (bicyclic) bond motifs is 1. The van der Waals surface area contributed by atoms with E-state index in [-0.39, 0.29) is 32.4 Å². The van der Waals surface area contributed by atoms with Gasteiger partial charge in [0.25, 0.3) is 0 Å². The molecular weight excluding hydrogens is 577 g/mol. The topological polar surface area (TPSA) is 105 Å². The Balaban J connectivity index is 1.60. The molecule has 0 bridgehead atoms. The SMILES string of the molecule is C=CCC1C(=O)N(C(Cc2ccc3ccccc3c2)C(=O)OC)CCN1C(=O)C(Cc1ccc(F)cc1)NC(=O)OC(C)(C)C. The van der Waals surface area contributed by atoms with Crippen molar-refractivity contribution in [3.63, 3.8) is 0 Å². The second kappa shape index (κ2) is 14.4. The van der Waals surface area contributed by atoms with Gasteiger partial charge in [0.1, 0.15) is 29.5 Å². The van der Waals surface area contributed by atoms with Crippen molar-refractivity contribution in [3.8, 4) is 0 Å². The lowest BCUT2D eigenvalue weighted by Crippen LogP contribution is -2.65. The summed E-state index contributed by atoms with van der Waals surface area (Å²) in [6.07, 6.45) is 1.14. The van der Waals surface area contributed by atoms with E-state index >= 15 is 0 Å². The predicted molar refractivity (Wildman–Crippen MR) is 169 cm³/mol. The molecule has 238 valence electrons. The van der Waals surface area contributed by atoms with Crippen molar-refractivity contribution in [2.24, 2.45) is 0 Å². The first-order chi connectivity index (χ1) is 21.4. The molecule has 3 atom stereocenters. The Kier molecular flexibility index (Phi) is 10.6. The summed E-state index contributed by atoms with van der Waals surface area (Å²) in [4.78, 5) is 56.8. The first-order valence-electron chi connectivity index (χ1n) is 14.9. The third kappa shape index (κ3) is 8.47. The van der Waals surface area contributed by atoms with Crippen LogP contribution in [-0.2, 0) is 36.7 Å². The number of alkyl carbamates (subject to hydrolysis) is 1. The molecule has 9 nitrogen and oxygen atoms in total. The van der Waals surface area contributed by atoms with E-state index in [0.29, 0.717) is 5.56 Å². The Morgan fingerprint density at radius 2 is 1.67 bits per heavy atom. The van der Waals surface area contributed by atoms with Gasteiger partial charge in [-0.2, -0.15) is 0 Å². The summed E-state index contributed by atoms with van der Waals surface area (Å²) in [6, 6.07) is 16.4. The molecule has 3 aromatic carbocycles. The van der Waals surface area contributed by atoms with Gasteiger partial charge in [0.2, 0.25) is 11.8 Å². The predicted octanol–water partition coefficient (Wildman–Crippen LogP) is 4.81. The van der Waals surface area contributed by atoms with Crippen LogP contribution in [-0.4, -0.2) is 77.6 Å². The summed E-state index contributed by atoms with van der Waals surface area (Å²) in [7, 11) is 1.28. The zero-order valence-corrected chi connectivity index (χ0v) is 26.1. The number of nitrogens with one attached hydrogen (secondary N) is 1. The number of halogens is 1. The first-order valence-corrected chi connectivity index (χ1v) is 14.9.